The SMILES string of the molecule is CCCOc1ccc(C(C)NC(=O)N2C[C@@H](C(F)(F)F)[C@H](C(=O)O)C2)cc1. The van der Waals surface area contributed by atoms with Crippen LogP contribution in [0.4, 0.5) is 18.0 Å². The molecule has 1 heterocycles. The number of hydrogen-bond acceptors (Lipinski definition) is 3. The van der Waals surface area contributed by atoms with E-state index in [0.717, 1.165) is 16.9 Å². The highest BCUT2D eigenvalue weighted by Crippen LogP contribution is 2.37. The second-order valence-corrected chi connectivity index (χ2v) is 6.59. The Morgan fingerprint density at radius 2 is 1.93 bits per heavy atom. The minimum absolute atomic E-state index is 0.453. The maximum absolute atomic E-state index is 13.0. The number of rotatable bonds is 6. The van der Waals surface area contributed by atoms with Crippen LogP contribution in [0.15, 0.2) is 24.3 Å². The number of carboxylic acid groups (broad SMARTS) is 1. The first-order chi connectivity index (χ1) is 12.6. The average Bonchev–Trinajstić information content (AvgIpc) is 3.06. The molecule has 150 valence electrons. The Labute approximate surface area is 155 Å². The summed E-state index contributed by atoms with van der Waals surface area (Å²) in [6, 6.07) is 5.86. The zero-order valence-electron chi connectivity index (χ0n) is 15.1. The van der Waals surface area contributed by atoms with Crippen molar-refractivity contribution in [1.82, 2.24) is 10.2 Å². The van der Waals surface area contributed by atoms with Crippen LogP contribution in [0, 0.1) is 11.8 Å². The zero-order valence-corrected chi connectivity index (χ0v) is 15.1. The van der Waals surface area contributed by atoms with Gasteiger partial charge in [0.15, 0.2) is 0 Å². The average molecular weight is 388 g/mol. The van der Waals surface area contributed by atoms with Crippen LogP contribution in [0.3, 0.4) is 0 Å². The molecule has 1 saturated heterocycles. The van der Waals surface area contributed by atoms with Gasteiger partial charge in [0.05, 0.1) is 24.5 Å². The number of amides is 2. The monoisotopic (exact) mass is 388 g/mol. The normalized spacial score (nSPS) is 21.0. The van der Waals surface area contributed by atoms with E-state index in [0.29, 0.717) is 12.4 Å². The van der Waals surface area contributed by atoms with Crippen molar-refractivity contribution >= 4 is 12.0 Å². The van der Waals surface area contributed by atoms with E-state index in [1.807, 2.05) is 6.92 Å². The highest BCUT2D eigenvalue weighted by Gasteiger charge is 2.53. The number of benzene rings is 1. The fourth-order valence-corrected chi connectivity index (χ4v) is 2.98. The summed E-state index contributed by atoms with van der Waals surface area (Å²) < 4.78 is 44.6. The minimum Gasteiger partial charge on any atom is -0.494 e. The fraction of sp³-hybridized carbons (Fsp3) is 0.556. The van der Waals surface area contributed by atoms with Gasteiger partial charge < -0.3 is 20.1 Å². The number of urea groups is 1. The quantitative estimate of drug-likeness (QED) is 0.783. The number of aliphatic carboxylic acids is 1. The van der Waals surface area contributed by atoms with Crippen LogP contribution in [0.25, 0.3) is 0 Å². The minimum atomic E-state index is -4.67. The Morgan fingerprint density at radius 1 is 1.30 bits per heavy atom. The zero-order chi connectivity index (χ0) is 20.2. The second-order valence-electron chi connectivity index (χ2n) is 6.59. The van der Waals surface area contributed by atoms with E-state index in [9.17, 15) is 22.8 Å². The topological polar surface area (TPSA) is 78.9 Å². The summed E-state index contributed by atoms with van der Waals surface area (Å²) in [6.45, 7) is 3.14. The molecule has 9 heteroatoms. The molecular weight excluding hydrogens is 365 g/mol. The molecule has 1 aliphatic rings. The lowest BCUT2D eigenvalue weighted by Crippen LogP contribution is -2.40. The molecular formula is C18H23F3N2O4. The van der Waals surface area contributed by atoms with E-state index in [1.54, 1.807) is 31.2 Å². The summed E-state index contributed by atoms with van der Waals surface area (Å²) in [5, 5.41) is 11.6. The molecule has 1 fully saturated rings. The van der Waals surface area contributed by atoms with Gasteiger partial charge in [-0.3, -0.25) is 4.79 Å². The first-order valence-electron chi connectivity index (χ1n) is 8.71. The number of halogens is 3. The van der Waals surface area contributed by atoms with Crippen LogP contribution in [0.1, 0.15) is 31.9 Å². The molecule has 2 amide bonds. The van der Waals surface area contributed by atoms with Gasteiger partial charge in [0.1, 0.15) is 5.75 Å². The molecule has 3 atom stereocenters. The van der Waals surface area contributed by atoms with Crippen molar-refractivity contribution in [2.24, 2.45) is 11.8 Å². The Morgan fingerprint density at radius 3 is 2.41 bits per heavy atom. The summed E-state index contributed by atoms with van der Waals surface area (Å²) in [4.78, 5) is 24.3. The van der Waals surface area contributed by atoms with Crippen LogP contribution in [0.2, 0.25) is 0 Å². The third-order valence-corrected chi connectivity index (χ3v) is 4.54. The first kappa shape index (κ1) is 20.9. The van der Waals surface area contributed by atoms with Crippen molar-refractivity contribution < 1.29 is 32.6 Å². The maximum Gasteiger partial charge on any atom is 0.394 e. The molecule has 2 N–H and O–H groups in total. The van der Waals surface area contributed by atoms with Gasteiger partial charge in [-0.05, 0) is 31.0 Å². The predicted octanol–water partition coefficient (Wildman–Crippen LogP) is 3.44. The molecule has 6 nitrogen and oxygen atoms in total. The molecule has 1 unspecified atom stereocenters. The maximum atomic E-state index is 13.0. The number of likely N-dealkylation sites (tertiary alicyclic amines) is 1. The molecule has 1 aliphatic heterocycles. The molecule has 0 aromatic heterocycles. The molecule has 0 bridgehead atoms. The number of ether oxygens (including phenoxy) is 1. The van der Waals surface area contributed by atoms with Crippen LogP contribution in [-0.4, -0.2) is 47.9 Å². The van der Waals surface area contributed by atoms with Crippen molar-refractivity contribution in [2.75, 3.05) is 19.7 Å². The summed E-state index contributed by atoms with van der Waals surface area (Å²) in [5.41, 5.74) is 0.758. The van der Waals surface area contributed by atoms with Gasteiger partial charge in [0, 0.05) is 13.1 Å². The third-order valence-electron chi connectivity index (χ3n) is 4.54. The van der Waals surface area contributed by atoms with Gasteiger partial charge >= 0.3 is 18.2 Å². The van der Waals surface area contributed by atoms with E-state index in [2.05, 4.69) is 5.32 Å². The number of carboxylic acids is 1. The molecule has 2 rings (SSSR count). The molecule has 0 spiro atoms. The van der Waals surface area contributed by atoms with Crippen molar-refractivity contribution in [3.05, 3.63) is 29.8 Å². The third kappa shape index (κ3) is 5.27. The Balaban J connectivity index is 1.99. The molecule has 1 aromatic rings. The molecule has 0 radical (unpaired) electrons. The Kier molecular flexibility index (Phi) is 6.56. The van der Waals surface area contributed by atoms with Gasteiger partial charge in [0.25, 0.3) is 0 Å². The summed E-state index contributed by atoms with van der Waals surface area (Å²) in [7, 11) is 0. The predicted molar refractivity (Wildman–Crippen MR) is 91.4 cm³/mol. The number of hydrogen-bond donors (Lipinski definition) is 2. The summed E-state index contributed by atoms with van der Waals surface area (Å²) in [5.74, 6) is -4.58. The van der Waals surface area contributed by atoms with Gasteiger partial charge in [-0.2, -0.15) is 13.2 Å². The lowest BCUT2D eigenvalue weighted by atomic mass is 9.96. The number of carbonyl (C=O) groups excluding carboxylic acids is 1. The standard InChI is InChI=1S/C18H23F3N2O4/c1-3-8-27-13-6-4-12(5-7-13)11(2)22-17(26)23-9-14(16(24)25)15(10-23)18(19,20)21/h4-7,11,14-15H,3,8-10H2,1-2H3,(H,22,26)(H,24,25)/t11?,14-,15-/m1/s1. The lowest BCUT2D eigenvalue weighted by Gasteiger charge is -2.22. The van der Waals surface area contributed by atoms with Crippen LogP contribution < -0.4 is 10.1 Å². The molecule has 27 heavy (non-hydrogen) atoms. The summed E-state index contributed by atoms with van der Waals surface area (Å²) in [6.07, 6.45) is -3.79. The van der Waals surface area contributed by atoms with E-state index in [1.165, 1.54) is 0 Å². The van der Waals surface area contributed by atoms with Crippen LogP contribution in [-0.2, 0) is 4.79 Å². The number of alkyl halides is 3. The van der Waals surface area contributed by atoms with E-state index in [-0.39, 0.29) is 0 Å². The summed E-state index contributed by atoms with van der Waals surface area (Å²) >= 11 is 0. The second kappa shape index (κ2) is 8.49. The fourth-order valence-electron chi connectivity index (χ4n) is 2.98. The smallest absolute Gasteiger partial charge is 0.394 e. The number of nitrogens with one attached hydrogen (secondary N) is 1. The first-order valence-corrected chi connectivity index (χ1v) is 8.71. The lowest BCUT2D eigenvalue weighted by molar-refractivity contribution is -0.187. The molecule has 1 aromatic carbocycles. The van der Waals surface area contributed by atoms with Gasteiger partial charge in [-0.15, -0.1) is 0 Å². The van der Waals surface area contributed by atoms with E-state index < -0.39 is 49.1 Å². The van der Waals surface area contributed by atoms with Gasteiger partial charge in [-0.25, -0.2) is 4.79 Å². The van der Waals surface area contributed by atoms with Crippen molar-refractivity contribution in [2.45, 2.75) is 32.5 Å². The largest absolute Gasteiger partial charge is 0.494 e. The van der Waals surface area contributed by atoms with Gasteiger partial charge in [-0.1, -0.05) is 19.1 Å². The number of nitrogens with zero attached hydrogens (tertiary/aromatic N) is 1. The van der Waals surface area contributed by atoms with E-state index in [4.69, 9.17) is 9.84 Å². The van der Waals surface area contributed by atoms with E-state index >= 15 is 0 Å². The highest BCUT2D eigenvalue weighted by molar-refractivity contribution is 5.78. The van der Waals surface area contributed by atoms with Crippen LogP contribution >= 0.6 is 0 Å². The van der Waals surface area contributed by atoms with Crippen LogP contribution in [0.5, 0.6) is 5.75 Å². The molecule has 0 aliphatic carbocycles. The van der Waals surface area contributed by atoms with Crippen molar-refractivity contribution in [3.63, 3.8) is 0 Å². The highest BCUT2D eigenvalue weighted by atomic mass is 19.4. The van der Waals surface area contributed by atoms with Crippen molar-refractivity contribution in [1.29, 1.82) is 0 Å². The van der Waals surface area contributed by atoms with Crippen molar-refractivity contribution in [3.8, 4) is 5.75 Å². The molecule has 0 saturated carbocycles. The Hall–Kier alpha value is -2.45. The van der Waals surface area contributed by atoms with Gasteiger partial charge in [0.2, 0.25) is 0 Å². The Bertz CT molecular complexity index is 664. The number of carbonyl (C=O) groups is 2.